The van der Waals surface area contributed by atoms with Crippen LogP contribution in [0.25, 0.3) is 0 Å². The minimum atomic E-state index is -4.75. The Morgan fingerprint density at radius 1 is 1.17 bits per heavy atom. The summed E-state index contributed by atoms with van der Waals surface area (Å²) in [6, 6.07) is 10.3. The SMILES string of the molecule is N#Cc1ccc(N2C(=O)C3(CCC3)N(c3ccc4c(c3)CCC[C@H](CO)O4)C2=S)cc1C(F)(F)F. The number of ether oxygens (including phenoxy) is 1. The summed E-state index contributed by atoms with van der Waals surface area (Å²) in [6.45, 7) is -0.0749. The highest BCUT2D eigenvalue weighted by molar-refractivity contribution is 7.81. The number of nitriles is 1. The number of aliphatic hydroxyl groups is 1. The molecule has 2 aromatic carbocycles. The molecule has 0 unspecified atom stereocenters. The molecule has 1 atom stereocenters. The molecule has 10 heteroatoms. The van der Waals surface area contributed by atoms with Gasteiger partial charge >= 0.3 is 6.18 Å². The largest absolute Gasteiger partial charge is 0.488 e. The van der Waals surface area contributed by atoms with Gasteiger partial charge in [0.25, 0.3) is 5.91 Å². The molecule has 35 heavy (non-hydrogen) atoms. The number of hydrogen-bond acceptors (Lipinski definition) is 5. The first-order valence-electron chi connectivity index (χ1n) is 11.4. The number of halogens is 3. The normalized spacial score (nSPS) is 21.3. The van der Waals surface area contributed by atoms with E-state index >= 15 is 0 Å². The molecule has 1 aliphatic carbocycles. The van der Waals surface area contributed by atoms with Gasteiger partial charge in [-0.15, -0.1) is 0 Å². The van der Waals surface area contributed by atoms with E-state index in [0.717, 1.165) is 48.3 Å². The van der Waals surface area contributed by atoms with Crippen LogP contribution in [0.5, 0.6) is 5.75 Å². The number of carbonyl (C=O) groups is 1. The van der Waals surface area contributed by atoms with Crippen LogP contribution in [0.15, 0.2) is 36.4 Å². The Labute approximate surface area is 205 Å². The van der Waals surface area contributed by atoms with Gasteiger partial charge in [-0.05, 0) is 92.7 Å². The summed E-state index contributed by atoms with van der Waals surface area (Å²) in [7, 11) is 0. The average molecular weight is 502 g/mol. The lowest BCUT2D eigenvalue weighted by Gasteiger charge is -2.43. The Morgan fingerprint density at radius 2 is 1.91 bits per heavy atom. The van der Waals surface area contributed by atoms with Crippen molar-refractivity contribution in [2.75, 3.05) is 16.4 Å². The molecule has 182 valence electrons. The Kier molecular flexibility index (Phi) is 5.73. The molecule has 1 saturated heterocycles. The summed E-state index contributed by atoms with van der Waals surface area (Å²) in [5.41, 5.74) is -0.962. The zero-order valence-corrected chi connectivity index (χ0v) is 19.5. The van der Waals surface area contributed by atoms with Crippen LogP contribution in [0.1, 0.15) is 48.8 Å². The predicted molar refractivity (Wildman–Crippen MR) is 126 cm³/mol. The van der Waals surface area contributed by atoms with Gasteiger partial charge < -0.3 is 14.7 Å². The monoisotopic (exact) mass is 501 g/mol. The molecule has 2 aliphatic heterocycles. The highest BCUT2D eigenvalue weighted by Gasteiger charge is 2.59. The molecule has 1 amide bonds. The molecule has 1 N–H and O–H groups in total. The van der Waals surface area contributed by atoms with Crippen LogP contribution in [0.3, 0.4) is 0 Å². The number of nitrogens with zero attached hydrogens (tertiary/aromatic N) is 3. The van der Waals surface area contributed by atoms with E-state index in [2.05, 4.69) is 0 Å². The number of alkyl halides is 3. The van der Waals surface area contributed by atoms with Crippen molar-refractivity contribution in [2.24, 2.45) is 0 Å². The second-order valence-corrected chi connectivity index (χ2v) is 9.45. The Balaban J connectivity index is 1.56. The van der Waals surface area contributed by atoms with Crippen LogP contribution in [0.4, 0.5) is 24.5 Å². The average Bonchev–Trinajstić information content (AvgIpc) is 2.92. The predicted octanol–water partition coefficient (Wildman–Crippen LogP) is 4.71. The first-order valence-corrected chi connectivity index (χ1v) is 11.8. The fraction of sp³-hybridized carbons (Fsp3) is 0.400. The third-order valence-corrected chi connectivity index (χ3v) is 7.42. The van der Waals surface area contributed by atoms with Crippen molar-refractivity contribution in [1.82, 2.24) is 0 Å². The van der Waals surface area contributed by atoms with Crippen molar-refractivity contribution in [3.63, 3.8) is 0 Å². The van der Waals surface area contributed by atoms with E-state index in [9.17, 15) is 23.1 Å². The number of carbonyl (C=O) groups excluding carboxylic acids is 1. The maximum Gasteiger partial charge on any atom is 0.417 e. The van der Waals surface area contributed by atoms with E-state index in [-0.39, 0.29) is 29.4 Å². The summed E-state index contributed by atoms with van der Waals surface area (Å²) >= 11 is 5.69. The summed E-state index contributed by atoms with van der Waals surface area (Å²) in [5.74, 6) is 0.307. The molecule has 2 aromatic rings. The topological polar surface area (TPSA) is 76.8 Å². The number of rotatable bonds is 3. The minimum absolute atomic E-state index is 0.0102. The third-order valence-electron chi connectivity index (χ3n) is 7.05. The Morgan fingerprint density at radius 3 is 2.54 bits per heavy atom. The van der Waals surface area contributed by atoms with E-state index in [4.69, 9.17) is 22.2 Å². The number of benzene rings is 2. The number of aliphatic hydroxyl groups excluding tert-OH is 1. The lowest BCUT2D eigenvalue weighted by Crippen LogP contribution is -2.55. The van der Waals surface area contributed by atoms with Gasteiger partial charge in [-0.2, -0.15) is 18.4 Å². The van der Waals surface area contributed by atoms with E-state index in [0.29, 0.717) is 24.3 Å². The molecular formula is C25H22F3N3O3S. The zero-order valence-electron chi connectivity index (χ0n) is 18.6. The first kappa shape index (κ1) is 23.6. The summed E-state index contributed by atoms with van der Waals surface area (Å²) in [4.78, 5) is 16.6. The van der Waals surface area contributed by atoms with Crippen molar-refractivity contribution in [2.45, 2.75) is 56.3 Å². The summed E-state index contributed by atoms with van der Waals surface area (Å²) in [6.07, 6.45) is -0.878. The van der Waals surface area contributed by atoms with Crippen LogP contribution in [0, 0.1) is 11.3 Å². The molecule has 1 spiro atoms. The van der Waals surface area contributed by atoms with Crippen LogP contribution >= 0.6 is 12.2 Å². The lowest BCUT2D eigenvalue weighted by atomic mass is 9.75. The second kappa shape index (κ2) is 8.50. The minimum Gasteiger partial charge on any atom is -0.488 e. The highest BCUT2D eigenvalue weighted by Crippen LogP contribution is 2.49. The van der Waals surface area contributed by atoms with E-state index in [1.54, 1.807) is 23.1 Å². The maximum absolute atomic E-state index is 13.6. The van der Waals surface area contributed by atoms with Crippen molar-refractivity contribution < 1.29 is 27.8 Å². The molecule has 5 rings (SSSR count). The first-order chi connectivity index (χ1) is 16.7. The quantitative estimate of drug-likeness (QED) is 0.614. The molecule has 0 aromatic heterocycles. The maximum atomic E-state index is 13.6. The van der Waals surface area contributed by atoms with Crippen LogP contribution in [-0.4, -0.2) is 34.4 Å². The molecule has 0 bridgehead atoms. The third kappa shape index (κ3) is 3.74. The van der Waals surface area contributed by atoms with Crippen molar-refractivity contribution in [3.05, 3.63) is 53.1 Å². The van der Waals surface area contributed by atoms with Gasteiger partial charge in [0.1, 0.15) is 17.4 Å². The fourth-order valence-electron chi connectivity index (χ4n) is 5.11. The van der Waals surface area contributed by atoms with Crippen molar-refractivity contribution in [3.8, 4) is 11.8 Å². The molecular weight excluding hydrogens is 479 g/mol. The summed E-state index contributed by atoms with van der Waals surface area (Å²) < 4.78 is 46.7. The van der Waals surface area contributed by atoms with Crippen molar-refractivity contribution in [1.29, 1.82) is 5.26 Å². The smallest absolute Gasteiger partial charge is 0.417 e. The van der Waals surface area contributed by atoms with E-state index in [1.165, 1.54) is 6.07 Å². The Bertz CT molecular complexity index is 1250. The second-order valence-electron chi connectivity index (χ2n) is 9.09. The van der Waals surface area contributed by atoms with Gasteiger partial charge in [0.15, 0.2) is 5.11 Å². The fourth-order valence-corrected chi connectivity index (χ4v) is 5.58. The van der Waals surface area contributed by atoms with Crippen LogP contribution < -0.4 is 14.5 Å². The molecule has 0 radical (unpaired) electrons. The Hall–Kier alpha value is -3.16. The lowest BCUT2D eigenvalue weighted by molar-refractivity contribution is -0.137. The molecule has 3 aliphatic rings. The standard InChI is InChI=1S/C25H22F3N3O3S/c26-25(27,28)20-12-17(6-5-16(20)13-29)30-22(33)24(9-2-10-24)31(23(30)35)18-7-8-21-15(11-18)3-1-4-19(14-32)34-21/h5-8,11-12,19,32H,1-4,9-10,14H2/t19-/m1/s1. The van der Waals surface area contributed by atoms with Crippen molar-refractivity contribution >= 4 is 34.6 Å². The van der Waals surface area contributed by atoms with Gasteiger partial charge in [0.2, 0.25) is 0 Å². The number of fused-ring (bicyclic) bond motifs is 1. The highest BCUT2D eigenvalue weighted by atomic mass is 32.1. The summed E-state index contributed by atoms with van der Waals surface area (Å²) in [5, 5.41) is 18.7. The van der Waals surface area contributed by atoms with Gasteiger partial charge in [0, 0.05) is 5.69 Å². The van der Waals surface area contributed by atoms with Gasteiger partial charge in [0.05, 0.1) is 29.5 Å². The number of anilines is 2. The van der Waals surface area contributed by atoms with Gasteiger partial charge in [-0.1, -0.05) is 0 Å². The number of hydrogen-bond donors (Lipinski definition) is 1. The number of amides is 1. The van der Waals surface area contributed by atoms with E-state index < -0.39 is 22.8 Å². The molecule has 2 fully saturated rings. The molecule has 1 saturated carbocycles. The molecule has 2 heterocycles. The van der Waals surface area contributed by atoms with Gasteiger partial charge in [-0.25, -0.2) is 0 Å². The number of thiocarbonyl (C=S) groups is 1. The van der Waals surface area contributed by atoms with Crippen LogP contribution in [0.2, 0.25) is 0 Å². The molecule has 6 nitrogen and oxygen atoms in total. The van der Waals surface area contributed by atoms with Gasteiger partial charge in [-0.3, -0.25) is 9.69 Å². The van der Waals surface area contributed by atoms with Crippen LogP contribution in [-0.2, 0) is 17.4 Å². The number of aryl methyl sites for hydroxylation is 1. The zero-order chi connectivity index (χ0) is 25.0. The van der Waals surface area contributed by atoms with E-state index in [1.807, 2.05) is 6.07 Å².